The monoisotopic (exact) mass is 352 g/mol. The zero-order chi connectivity index (χ0) is 16.6. The topological polar surface area (TPSA) is 67.8 Å². The molecule has 4 heterocycles. The molecular weight excluding hydrogens is 328 g/mol. The van der Waals surface area contributed by atoms with Gasteiger partial charge in [0.2, 0.25) is 11.0 Å². The third-order valence-corrected chi connectivity index (χ3v) is 6.08. The number of aromatic nitrogens is 2. The summed E-state index contributed by atoms with van der Waals surface area (Å²) in [6, 6.07) is 0. The number of likely N-dealkylation sites (tertiary alicyclic amines) is 1. The van der Waals surface area contributed by atoms with Gasteiger partial charge in [-0.2, -0.15) is 0 Å². The summed E-state index contributed by atoms with van der Waals surface area (Å²) in [6.45, 7) is 6.27. The lowest BCUT2D eigenvalue weighted by Gasteiger charge is -2.23. The first kappa shape index (κ1) is 16.2. The summed E-state index contributed by atoms with van der Waals surface area (Å²) in [4.78, 5) is 16.2. The second-order valence-electron chi connectivity index (χ2n) is 6.99. The molecule has 0 aliphatic carbocycles. The Morgan fingerprint density at radius 3 is 2.96 bits per heavy atom. The lowest BCUT2D eigenvalue weighted by Crippen LogP contribution is -2.34. The number of carbonyl (C=O) groups excluding carboxylic acids is 1. The Balaban J connectivity index is 1.28. The summed E-state index contributed by atoms with van der Waals surface area (Å²) in [6.07, 6.45) is 4.08. The number of amides is 1. The fraction of sp³-hybridized carbons (Fsp3) is 0.812. The molecule has 8 heteroatoms. The van der Waals surface area contributed by atoms with Gasteiger partial charge in [0, 0.05) is 32.6 Å². The standard InChI is InChI=1S/C16H24N4O3S/c1-12-17-18-15(24-12)20-7-4-16(11-20)8-13(9-23-16)22-10-14(21)19-5-2-3-6-19/h13H,2-11H2,1H3/t13-,16+/m1/s1. The number of aryl methyl sites for hydroxylation is 1. The normalized spacial score (nSPS) is 30.0. The fourth-order valence-electron chi connectivity index (χ4n) is 3.86. The first-order valence-corrected chi connectivity index (χ1v) is 9.54. The molecule has 0 aromatic carbocycles. The van der Waals surface area contributed by atoms with E-state index < -0.39 is 0 Å². The van der Waals surface area contributed by atoms with E-state index in [1.54, 1.807) is 11.3 Å². The van der Waals surface area contributed by atoms with Crippen molar-refractivity contribution in [1.82, 2.24) is 15.1 Å². The average Bonchev–Trinajstić information content (AvgIpc) is 3.34. The van der Waals surface area contributed by atoms with Gasteiger partial charge in [-0.3, -0.25) is 4.79 Å². The zero-order valence-corrected chi connectivity index (χ0v) is 14.9. The first-order valence-electron chi connectivity index (χ1n) is 8.72. The van der Waals surface area contributed by atoms with Crippen LogP contribution in [0.25, 0.3) is 0 Å². The highest BCUT2D eigenvalue weighted by Gasteiger charge is 2.46. The summed E-state index contributed by atoms with van der Waals surface area (Å²) in [5.74, 6) is 0.117. The van der Waals surface area contributed by atoms with Gasteiger partial charge in [-0.25, -0.2) is 0 Å². The van der Waals surface area contributed by atoms with Crippen LogP contribution in [0.3, 0.4) is 0 Å². The molecule has 3 aliphatic heterocycles. The molecule has 4 rings (SSSR count). The largest absolute Gasteiger partial charge is 0.370 e. The van der Waals surface area contributed by atoms with Gasteiger partial charge in [-0.05, 0) is 26.2 Å². The van der Waals surface area contributed by atoms with E-state index in [9.17, 15) is 4.79 Å². The summed E-state index contributed by atoms with van der Waals surface area (Å²) < 4.78 is 11.9. The number of anilines is 1. The maximum absolute atomic E-state index is 12.1. The number of carbonyl (C=O) groups is 1. The Bertz CT molecular complexity index is 604. The quantitative estimate of drug-likeness (QED) is 0.812. The minimum Gasteiger partial charge on any atom is -0.370 e. The highest BCUT2D eigenvalue weighted by atomic mass is 32.1. The van der Waals surface area contributed by atoms with Gasteiger partial charge in [0.15, 0.2) is 0 Å². The maximum atomic E-state index is 12.1. The predicted octanol–water partition coefficient (Wildman–Crippen LogP) is 1.22. The van der Waals surface area contributed by atoms with Crippen molar-refractivity contribution in [3.05, 3.63) is 5.01 Å². The molecule has 1 spiro atoms. The second-order valence-corrected chi connectivity index (χ2v) is 8.15. The van der Waals surface area contributed by atoms with Crippen LogP contribution < -0.4 is 4.90 Å². The molecule has 0 radical (unpaired) electrons. The first-order chi connectivity index (χ1) is 11.6. The van der Waals surface area contributed by atoms with Crippen molar-refractivity contribution in [1.29, 1.82) is 0 Å². The van der Waals surface area contributed by atoms with Crippen LogP contribution in [-0.4, -0.2) is 72.1 Å². The summed E-state index contributed by atoms with van der Waals surface area (Å²) in [5.41, 5.74) is -0.152. The van der Waals surface area contributed by atoms with Crippen molar-refractivity contribution in [3.8, 4) is 0 Å². The summed E-state index contributed by atoms with van der Waals surface area (Å²) >= 11 is 1.62. The molecule has 3 saturated heterocycles. The van der Waals surface area contributed by atoms with Crippen molar-refractivity contribution in [3.63, 3.8) is 0 Å². The van der Waals surface area contributed by atoms with Gasteiger partial charge in [-0.15, -0.1) is 10.2 Å². The maximum Gasteiger partial charge on any atom is 0.248 e. The number of nitrogens with zero attached hydrogens (tertiary/aromatic N) is 4. The summed E-state index contributed by atoms with van der Waals surface area (Å²) in [7, 11) is 0. The van der Waals surface area contributed by atoms with Gasteiger partial charge < -0.3 is 19.3 Å². The molecule has 1 aromatic rings. The minimum absolute atomic E-state index is 0.0210. The highest BCUT2D eigenvalue weighted by Crippen LogP contribution is 2.38. The van der Waals surface area contributed by atoms with Crippen LogP contribution in [0.5, 0.6) is 0 Å². The molecular formula is C16H24N4O3S. The average molecular weight is 352 g/mol. The zero-order valence-electron chi connectivity index (χ0n) is 14.1. The van der Waals surface area contributed by atoms with E-state index in [1.165, 1.54) is 0 Å². The number of rotatable bonds is 4. The van der Waals surface area contributed by atoms with Crippen LogP contribution in [-0.2, 0) is 14.3 Å². The van der Waals surface area contributed by atoms with Crippen molar-refractivity contribution < 1.29 is 14.3 Å². The molecule has 3 fully saturated rings. The van der Waals surface area contributed by atoms with E-state index in [4.69, 9.17) is 9.47 Å². The van der Waals surface area contributed by atoms with E-state index in [0.29, 0.717) is 6.61 Å². The van der Waals surface area contributed by atoms with Crippen LogP contribution in [0.4, 0.5) is 5.13 Å². The van der Waals surface area contributed by atoms with Crippen molar-refractivity contribution >= 4 is 22.4 Å². The predicted molar refractivity (Wildman–Crippen MR) is 90.3 cm³/mol. The van der Waals surface area contributed by atoms with Crippen LogP contribution in [0.1, 0.15) is 30.7 Å². The van der Waals surface area contributed by atoms with Gasteiger partial charge in [0.25, 0.3) is 0 Å². The van der Waals surface area contributed by atoms with E-state index in [-0.39, 0.29) is 24.2 Å². The Morgan fingerprint density at radius 1 is 1.38 bits per heavy atom. The molecule has 0 bridgehead atoms. The molecule has 24 heavy (non-hydrogen) atoms. The number of hydrogen-bond donors (Lipinski definition) is 0. The molecule has 2 atom stereocenters. The number of hydrogen-bond acceptors (Lipinski definition) is 7. The van der Waals surface area contributed by atoms with Gasteiger partial charge in [0.05, 0.1) is 18.3 Å². The molecule has 0 N–H and O–H groups in total. The molecule has 0 unspecified atom stereocenters. The molecule has 7 nitrogen and oxygen atoms in total. The SMILES string of the molecule is Cc1nnc(N2CC[C@]3(C[C@@H](OCC(=O)N4CCCC4)CO3)C2)s1. The van der Waals surface area contributed by atoms with Gasteiger partial charge >= 0.3 is 0 Å². The van der Waals surface area contributed by atoms with Crippen molar-refractivity contribution in [2.75, 3.05) is 44.3 Å². The molecule has 1 amide bonds. The minimum atomic E-state index is -0.152. The van der Waals surface area contributed by atoms with Gasteiger partial charge in [-0.1, -0.05) is 11.3 Å². The molecule has 1 aromatic heterocycles. The third-order valence-electron chi connectivity index (χ3n) is 5.18. The van der Waals surface area contributed by atoms with Crippen LogP contribution in [0, 0.1) is 6.92 Å². The van der Waals surface area contributed by atoms with Crippen molar-refractivity contribution in [2.45, 2.75) is 44.3 Å². The van der Waals surface area contributed by atoms with E-state index in [0.717, 1.165) is 62.0 Å². The van der Waals surface area contributed by atoms with E-state index in [1.807, 2.05) is 11.8 Å². The van der Waals surface area contributed by atoms with Crippen LogP contribution in [0.15, 0.2) is 0 Å². The Hall–Kier alpha value is -1.25. The second kappa shape index (κ2) is 6.57. The molecule has 0 saturated carbocycles. The van der Waals surface area contributed by atoms with E-state index >= 15 is 0 Å². The third kappa shape index (κ3) is 3.27. The Kier molecular flexibility index (Phi) is 4.44. The molecule has 3 aliphatic rings. The Labute approximate surface area is 145 Å². The van der Waals surface area contributed by atoms with Crippen molar-refractivity contribution in [2.24, 2.45) is 0 Å². The van der Waals surface area contributed by atoms with Crippen LogP contribution >= 0.6 is 11.3 Å². The fourth-order valence-corrected chi connectivity index (χ4v) is 4.58. The highest BCUT2D eigenvalue weighted by molar-refractivity contribution is 7.15. The Morgan fingerprint density at radius 2 is 2.21 bits per heavy atom. The van der Waals surface area contributed by atoms with Crippen LogP contribution in [0.2, 0.25) is 0 Å². The smallest absolute Gasteiger partial charge is 0.248 e. The van der Waals surface area contributed by atoms with E-state index in [2.05, 4.69) is 15.1 Å². The van der Waals surface area contributed by atoms with Gasteiger partial charge in [0.1, 0.15) is 11.6 Å². The molecule has 132 valence electrons. The lowest BCUT2D eigenvalue weighted by molar-refractivity contribution is -0.137. The summed E-state index contributed by atoms with van der Waals surface area (Å²) in [5, 5.41) is 10.3. The lowest BCUT2D eigenvalue weighted by atomic mass is 9.98. The number of ether oxygens (including phenoxy) is 2.